The summed E-state index contributed by atoms with van der Waals surface area (Å²) in [5.41, 5.74) is 9.05. The van der Waals surface area contributed by atoms with Gasteiger partial charge >= 0.3 is 0 Å². The molecule has 9 rings (SSSR count). The fourth-order valence-electron chi connectivity index (χ4n) is 5.93. The SMILES string of the molecule is c1ccc(-c2nc(-c3ccccc3)nc(-c3ccc(-c4cccc5oc6ccc(-c7nc8ccccc8o7)cc6c45)cc3)n2)cc1. The van der Waals surface area contributed by atoms with Gasteiger partial charge in [0.1, 0.15) is 16.7 Å². The summed E-state index contributed by atoms with van der Waals surface area (Å²) in [4.78, 5) is 19.3. The molecule has 0 amide bonds. The van der Waals surface area contributed by atoms with Crippen LogP contribution in [0.3, 0.4) is 0 Å². The standard InChI is InChI=1S/C40H24N4O2/c1-3-10-26(11-4-1)37-42-38(27-12-5-2-6-13-27)44-39(43-37)28-20-18-25(19-21-28)30-14-9-17-35-36(30)31-24-29(22-23-33(31)45-35)40-41-32-15-7-8-16-34(32)46-40/h1-24H. The van der Waals surface area contributed by atoms with E-state index < -0.39 is 0 Å². The molecule has 3 aromatic heterocycles. The molecule has 0 aliphatic heterocycles. The molecule has 0 bridgehead atoms. The molecule has 9 aromatic rings. The second-order valence-electron chi connectivity index (χ2n) is 11.1. The number of para-hydroxylation sites is 2. The lowest BCUT2D eigenvalue weighted by Gasteiger charge is -2.09. The molecule has 0 fully saturated rings. The van der Waals surface area contributed by atoms with E-state index in [2.05, 4.69) is 36.4 Å². The van der Waals surface area contributed by atoms with E-state index in [0.29, 0.717) is 23.4 Å². The Labute approximate surface area is 263 Å². The summed E-state index contributed by atoms with van der Waals surface area (Å²) >= 11 is 0. The lowest BCUT2D eigenvalue weighted by atomic mass is 9.98. The molecule has 6 nitrogen and oxygen atoms in total. The molecular weight excluding hydrogens is 568 g/mol. The van der Waals surface area contributed by atoms with Crippen LogP contribution in [0.25, 0.3) is 89.8 Å². The Morgan fingerprint density at radius 1 is 0.370 bits per heavy atom. The maximum atomic E-state index is 6.29. The van der Waals surface area contributed by atoms with Crippen LogP contribution in [0, 0.1) is 0 Å². The van der Waals surface area contributed by atoms with Gasteiger partial charge in [-0.2, -0.15) is 0 Å². The molecule has 216 valence electrons. The number of fused-ring (bicyclic) bond motifs is 4. The molecule has 0 saturated carbocycles. The highest BCUT2D eigenvalue weighted by molar-refractivity contribution is 6.13. The Hall–Kier alpha value is -6.40. The van der Waals surface area contributed by atoms with Crippen molar-refractivity contribution in [2.24, 2.45) is 0 Å². The molecule has 6 aromatic carbocycles. The molecule has 0 aliphatic rings. The summed E-state index contributed by atoms with van der Waals surface area (Å²) in [7, 11) is 0. The average Bonchev–Trinajstić information content (AvgIpc) is 3.74. The van der Waals surface area contributed by atoms with Gasteiger partial charge in [0.25, 0.3) is 0 Å². The Morgan fingerprint density at radius 2 is 0.935 bits per heavy atom. The summed E-state index contributed by atoms with van der Waals surface area (Å²) < 4.78 is 12.4. The fourth-order valence-corrected chi connectivity index (χ4v) is 5.93. The van der Waals surface area contributed by atoms with Gasteiger partial charge in [0.15, 0.2) is 23.1 Å². The minimum Gasteiger partial charge on any atom is -0.456 e. The third-order valence-electron chi connectivity index (χ3n) is 8.19. The van der Waals surface area contributed by atoms with Crippen molar-refractivity contribution in [2.75, 3.05) is 0 Å². The van der Waals surface area contributed by atoms with Crippen molar-refractivity contribution in [1.29, 1.82) is 0 Å². The van der Waals surface area contributed by atoms with Crippen LogP contribution in [0.4, 0.5) is 0 Å². The van der Waals surface area contributed by atoms with E-state index in [9.17, 15) is 0 Å². The van der Waals surface area contributed by atoms with Crippen LogP contribution in [0.15, 0.2) is 154 Å². The van der Waals surface area contributed by atoms with Crippen molar-refractivity contribution < 1.29 is 8.83 Å². The minimum atomic E-state index is 0.585. The zero-order valence-corrected chi connectivity index (χ0v) is 24.5. The first-order valence-electron chi connectivity index (χ1n) is 15.1. The molecule has 0 N–H and O–H groups in total. The topological polar surface area (TPSA) is 77.8 Å². The Balaban J connectivity index is 1.14. The van der Waals surface area contributed by atoms with Crippen LogP contribution in [0.5, 0.6) is 0 Å². The van der Waals surface area contributed by atoms with Gasteiger partial charge in [0.05, 0.1) is 0 Å². The van der Waals surface area contributed by atoms with Gasteiger partial charge in [-0.05, 0) is 47.5 Å². The van der Waals surface area contributed by atoms with Gasteiger partial charge in [-0.15, -0.1) is 0 Å². The van der Waals surface area contributed by atoms with Crippen LogP contribution in [-0.4, -0.2) is 19.9 Å². The summed E-state index contributed by atoms with van der Waals surface area (Å²) in [5, 5.41) is 2.05. The Morgan fingerprint density at radius 3 is 1.61 bits per heavy atom. The van der Waals surface area contributed by atoms with E-state index in [1.165, 1.54) is 0 Å². The highest BCUT2D eigenvalue weighted by Crippen LogP contribution is 2.39. The average molecular weight is 593 g/mol. The number of rotatable bonds is 5. The van der Waals surface area contributed by atoms with E-state index in [1.54, 1.807) is 0 Å². The van der Waals surface area contributed by atoms with E-state index in [4.69, 9.17) is 28.8 Å². The molecule has 0 unspecified atom stereocenters. The van der Waals surface area contributed by atoms with Gasteiger partial charge < -0.3 is 8.83 Å². The second kappa shape index (κ2) is 10.6. The molecule has 6 heteroatoms. The highest BCUT2D eigenvalue weighted by Gasteiger charge is 2.17. The van der Waals surface area contributed by atoms with Crippen molar-refractivity contribution >= 4 is 33.0 Å². The molecule has 0 radical (unpaired) electrons. The monoisotopic (exact) mass is 592 g/mol. The summed E-state index contributed by atoms with van der Waals surface area (Å²) in [5.74, 6) is 2.48. The third kappa shape index (κ3) is 4.52. The molecule has 0 saturated heterocycles. The zero-order valence-electron chi connectivity index (χ0n) is 24.5. The van der Waals surface area contributed by atoms with Crippen molar-refractivity contribution in [2.45, 2.75) is 0 Å². The van der Waals surface area contributed by atoms with Crippen molar-refractivity contribution in [1.82, 2.24) is 19.9 Å². The quantitative estimate of drug-likeness (QED) is 0.198. The summed E-state index contributed by atoms with van der Waals surface area (Å²) in [6, 6.07) is 48.4. The maximum Gasteiger partial charge on any atom is 0.227 e. The fraction of sp³-hybridized carbons (Fsp3) is 0. The number of oxazole rings is 1. The molecular formula is C40H24N4O2. The normalized spacial score (nSPS) is 11.5. The maximum absolute atomic E-state index is 6.29. The van der Waals surface area contributed by atoms with E-state index in [1.807, 2.05) is 109 Å². The molecule has 46 heavy (non-hydrogen) atoms. The lowest BCUT2D eigenvalue weighted by Crippen LogP contribution is -2.00. The number of hydrogen-bond acceptors (Lipinski definition) is 6. The Bertz CT molecular complexity index is 2430. The third-order valence-corrected chi connectivity index (χ3v) is 8.19. The van der Waals surface area contributed by atoms with E-state index >= 15 is 0 Å². The van der Waals surface area contributed by atoms with Crippen molar-refractivity contribution in [3.8, 4) is 56.7 Å². The predicted octanol–water partition coefficient (Wildman–Crippen LogP) is 10.2. The van der Waals surface area contributed by atoms with Gasteiger partial charge in [0, 0.05) is 33.0 Å². The Kier molecular flexibility index (Phi) is 6.03. The first-order valence-corrected chi connectivity index (χ1v) is 15.1. The van der Waals surface area contributed by atoms with Gasteiger partial charge in [-0.1, -0.05) is 109 Å². The first-order chi connectivity index (χ1) is 22.8. The number of hydrogen-bond donors (Lipinski definition) is 0. The van der Waals surface area contributed by atoms with Crippen LogP contribution in [-0.2, 0) is 0 Å². The largest absolute Gasteiger partial charge is 0.456 e. The lowest BCUT2D eigenvalue weighted by molar-refractivity contribution is 0.620. The smallest absolute Gasteiger partial charge is 0.227 e. The van der Waals surface area contributed by atoms with Crippen LogP contribution in [0.2, 0.25) is 0 Å². The summed E-state index contributed by atoms with van der Waals surface area (Å²) in [6.07, 6.45) is 0. The van der Waals surface area contributed by atoms with Crippen LogP contribution in [0.1, 0.15) is 0 Å². The molecule has 0 spiro atoms. The number of aromatic nitrogens is 4. The summed E-state index contributed by atoms with van der Waals surface area (Å²) in [6.45, 7) is 0. The van der Waals surface area contributed by atoms with Gasteiger partial charge in [-0.25, -0.2) is 19.9 Å². The zero-order chi connectivity index (χ0) is 30.5. The van der Waals surface area contributed by atoms with Gasteiger partial charge in [0.2, 0.25) is 5.89 Å². The number of nitrogens with zero attached hydrogens (tertiary/aromatic N) is 4. The van der Waals surface area contributed by atoms with E-state index in [-0.39, 0.29) is 0 Å². The van der Waals surface area contributed by atoms with Crippen molar-refractivity contribution in [3.63, 3.8) is 0 Å². The number of furan rings is 1. The molecule has 3 heterocycles. The second-order valence-corrected chi connectivity index (χ2v) is 11.1. The van der Waals surface area contributed by atoms with Gasteiger partial charge in [-0.3, -0.25) is 0 Å². The predicted molar refractivity (Wildman–Crippen MR) is 182 cm³/mol. The minimum absolute atomic E-state index is 0.585. The molecule has 0 aliphatic carbocycles. The first kappa shape index (κ1) is 26.0. The highest BCUT2D eigenvalue weighted by atomic mass is 16.3. The number of benzene rings is 6. The molecule has 0 atom stereocenters. The van der Waals surface area contributed by atoms with Crippen LogP contribution >= 0.6 is 0 Å². The van der Waals surface area contributed by atoms with Crippen molar-refractivity contribution in [3.05, 3.63) is 146 Å². The van der Waals surface area contributed by atoms with Crippen LogP contribution < -0.4 is 0 Å². The van der Waals surface area contributed by atoms with E-state index in [0.717, 1.165) is 66.4 Å².